The Balaban J connectivity index is 2.05. The summed E-state index contributed by atoms with van der Waals surface area (Å²) in [4.78, 5) is 15.0. The van der Waals surface area contributed by atoms with Crippen molar-refractivity contribution < 1.29 is 4.79 Å². The van der Waals surface area contributed by atoms with Crippen molar-refractivity contribution in [2.45, 2.75) is 27.2 Å². The first-order valence-electron chi connectivity index (χ1n) is 6.39. The van der Waals surface area contributed by atoms with Gasteiger partial charge in [-0.3, -0.25) is 4.79 Å². The number of amides is 1. The van der Waals surface area contributed by atoms with E-state index in [2.05, 4.69) is 36.3 Å². The fourth-order valence-corrected chi connectivity index (χ4v) is 2.00. The molecule has 96 valence electrons. The van der Waals surface area contributed by atoms with E-state index >= 15 is 0 Å². The molecule has 1 aromatic heterocycles. The Morgan fingerprint density at radius 3 is 2.83 bits per heavy atom. The standard InChI is InChI=1S/C15H20N2O/c1-10(2)9-16-15(18)8-12-4-5-14-13(7-12)6-11(3)17-14/h4-7,10,17H,8-9H2,1-3H3,(H,16,18). The number of rotatable bonds is 4. The van der Waals surface area contributed by atoms with Crippen molar-refractivity contribution in [2.24, 2.45) is 5.92 Å². The van der Waals surface area contributed by atoms with Gasteiger partial charge in [0.2, 0.25) is 5.91 Å². The molecule has 18 heavy (non-hydrogen) atoms. The second-order valence-corrected chi connectivity index (χ2v) is 5.25. The summed E-state index contributed by atoms with van der Waals surface area (Å²) in [6.45, 7) is 6.96. The maximum absolute atomic E-state index is 11.7. The summed E-state index contributed by atoms with van der Waals surface area (Å²) in [6, 6.07) is 8.22. The highest BCUT2D eigenvalue weighted by atomic mass is 16.1. The monoisotopic (exact) mass is 244 g/mol. The zero-order chi connectivity index (χ0) is 13.1. The normalized spacial score (nSPS) is 11.1. The highest BCUT2D eigenvalue weighted by Crippen LogP contribution is 2.17. The summed E-state index contributed by atoms with van der Waals surface area (Å²) in [6.07, 6.45) is 0.451. The number of nitrogens with one attached hydrogen (secondary N) is 2. The van der Waals surface area contributed by atoms with E-state index in [0.29, 0.717) is 12.3 Å². The maximum Gasteiger partial charge on any atom is 0.224 e. The van der Waals surface area contributed by atoms with E-state index in [1.165, 1.54) is 5.39 Å². The van der Waals surface area contributed by atoms with E-state index in [1.807, 2.05) is 19.1 Å². The number of hydrogen-bond donors (Lipinski definition) is 2. The minimum absolute atomic E-state index is 0.0929. The summed E-state index contributed by atoms with van der Waals surface area (Å²) < 4.78 is 0. The number of aromatic nitrogens is 1. The van der Waals surface area contributed by atoms with Crippen LogP contribution in [0.15, 0.2) is 24.3 Å². The minimum atomic E-state index is 0.0929. The van der Waals surface area contributed by atoms with Crippen molar-refractivity contribution in [3.63, 3.8) is 0 Å². The first-order valence-corrected chi connectivity index (χ1v) is 6.39. The van der Waals surface area contributed by atoms with Gasteiger partial charge < -0.3 is 10.3 Å². The van der Waals surface area contributed by atoms with Gasteiger partial charge in [-0.15, -0.1) is 0 Å². The van der Waals surface area contributed by atoms with Crippen molar-refractivity contribution in [2.75, 3.05) is 6.54 Å². The molecule has 1 aromatic carbocycles. The second-order valence-electron chi connectivity index (χ2n) is 5.25. The molecule has 3 heteroatoms. The van der Waals surface area contributed by atoms with Gasteiger partial charge in [-0.2, -0.15) is 0 Å². The minimum Gasteiger partial charge on any atom is -0.359 e. The Bertz CT molecular complexity index is 555. The van der Waals surface area contributed by atoms with Crippen LogP contribution in [-0.4, -0.2) is 17.4 Å². The molecule has 1 amide bonds. The van der Waals surface area contributed by atoms with Crippen LogP contribution >= 0.6 is 0 Å². The largest absolute Gasteiger partial charge is 0.359 e. The molecule has 0 atom stereocenters. The number of fused-ring (bicyclic) bond motifs is 1. The molecule has 2 N–H and O–H groups in total. The number of aryl methyl sites for hydroxylation is 1. The molecule has 0 aliphatic carbocycles. The molecule has 0 saturated heterocycles. The Kier molecular flexibility index (Phi) is 3.70. The van der Waals surface area contributed by atoms with Crippen molar-refractivity contribution in [3.05, 3.63) is 35.5 Å². The lowest BCUT2D eigenvalue weighted by molar-refractivity contribution is -0.120. The van der Waals surface area contributed by atoms with Gasteiger partial charge in [-0.1, -0.05) is 19.9 Å². The van der Waals surface area contributed by atoms with E-state index in [1.54, 1.807) is 0 Å². The van der Waals surface area contributed by atoms with Gasteiger partial charge in [-0.25, -0.2) is 0 Å². The van der Waals surface area contributed by atoms with Gasteiger partial charge in [0.05, 0.1) is 6.42 Å². The SMILES string of the molecule is Cc1cc2cc(CC(=O)NCC(C)C)ccc2[nH]1. The van der Waals surface area contributed by atoms with Crippen LogP contribution in [0.1, 0.15) is 25.1 Å². The number of hydrogen-bond acceptors (Lipinski definition) is 1. The van der Waals surface area contributed by atoms with Gasteiger partial charge in [0.1, 0.15) is 0 Å². The van der Waals surface area contributed by atoms with Crippen LogP contribution in [0, 0.1) is 12.8 Å². The predicted molar refractivity (Wildman–Crippen MR) is 74.6 cm³/mol. The predicted octanol–water partition coefficient (Wildman–Crippen LogP) is 2.79. The summed E-state index contributed by atoms with van der Waals surface area (Å²) in [7, 11) is 0. The number of H-pyrrole nitrogens is 1. The summed E-state index contributed by atoms with van der Waals surface area (Å²) in [5.74, 6) is 0.582. The van der Waals surface area contributed by atoms with Crippen molar-refractivity contribution in [1.29, 1.82) is 0 Å². The van der Waals surface area contributed by atoms with E-state index in [4.69, 9.17) is 0 Å². The lowest BCUT2D eigenvalue weighted by atomic mass is 10.1. The second kappa shape index (κ2) is 5.25. The fraction of sp³-hybridized carbons (Fsp3) is 0.400. The molecule has 0 bridgehead atoms. The van der Waals surface area contributed by atoms with Crippen LogP contribution in [-0.2, 0) is 11.2 Å². The first kappa shape index (κ1) is 12.7. The van der Waals surface area contributed by atoms with E-state index < -0.39 is 0 Å². The third-order valence-electron chi connectivity index (χ3n) is 2.89. The smallest absolute Gasteiger partial charge is 0.224 e. The van der Waals surface area contributed by atoms with Crippen molar-refractivity contribution in [1.82, 2.24) is 10.3 Å². The van der Waals surface area contributed by atoms with Gasteiger partial charge in [0, 0.05) is 17.8 Å². The molecule has 0 aliphatic heterocycles. The molecule has 2 rings (SSSR count). The van der Waals surface area contributed by atoms with Gasteiger partial charge in [0.15, 0.2) is 0 Å². The Labute approximate surface area is 108 Å². The number of carbonyl (C=O) groups is 1. The van der Waals surface area contributed by atoms with E-state index in [9.17, 15) is 4.79 Å². The molecule has 0 radical (unpaired) electrons. The maximum atomic E-state index is 11.7. The van der Waals surface area contributed by atoms with Crippen LogP contribution < -0.4 is 5.32 Å². The molecule has 1 heterocycles. The molecular formula is C15H20N2O. The van der Waals surface area contributed by atoms with E-state index in [0.717, 1.165) is 23.3 Å². The first-order chi connectivity index (χ1) is 8.54. The lowest BCUT2D eigenvalue weighted by Gasteiger charge is -2.07. The van der Waals surface area contributed by atoms with Gasteiger partial charge in [0.25, 0.3) is 0 Å². The molecule has 0 spiro atoms. The summed E-state index contributed by atoms with van der Waals surface area (Å²) in [5, 5.41) is 4.11. The number of aromatic amines is 1. The number of carbonyl (C=O) groups excluding carboxylic acids is 1. The summed E-state index contributed by atoms with van der Waals surface area (Å²) in [5.41, 5.74) is 3.33. The molecular weight excluding hydrogens is 224 g/mol. The van der Waals surface area contributed by atoms with Crippen molar-refractivity contribution >= 4 is 16.8 Å². The highest BCUT2D eigenvalue weighted by Gasteiger charge is 2.05. The molecule has 0 aliphatic rings. The topological polar surface area (TPSA) is 44.9 Å². The molecule has 2 aromatic rings. The zero-order valence-corrected chi connectivity index (χ0v) is 11.2. The average Bonchev–Trinajstić information content (AvgIpc) is 2.66. The third kappa shape index (κ3) is 3.13. The van der Waals surface area contributed by atoms with Crippen LogP contribution in [0.25, 0.3) is 10.9 Å². The van der Waals surface area contributed by atoms with Crippen molar-refractivity contribution in [3.8, 4) is 0 Å². The van der Waals surface area contributed by atoms with E-state index in [-0.39, 0.29) is 5.91 Å². The fourth-order valence-electron chi connectivity index (χ4n) is 2.00. The third-order valence-corrected chi connectivity index (χ3v) is 2.89. The Morgan fingerprint density at radius 2 is 2.11 bits per heavy atom. The van der Waals surface area contributed by atoms with Gasteiger partial charge in [-0.05, 0) is 42.0 Å². The molecule has 0 unspecified atom stereocenters. The average molecular weight is 244 g/mol. The van der Waals surface area contributed by atoms with Gasteiger partial charge >= 0.3 is 0 Å². The molecule has 0 fully saturated rings. The van der Waals surface area contributed by atoms with Crippen LogP contribution in [0.5, 0.6) is 0 Å². The molecule has 3 nitrogen and oxygen atoms in total. The zero-order valence-electron chi connectivity index (χ0n) is 11.2. The lowest BCUT2D eigenvalue weighted by Crippen LogP contribution is -2.28. The highest BCUT2D eigenvalue weighted by molar-refractivity contribution is 5.84. The Hall–Kier alpha value is -1.77. The number of benzene rings is 1. The Morgan fingerprint density at radius 1 is 1.33 bits per heavy atom. The summed E-state index contributed by atoms with van der Waals surface area (Å²) >= 11 is 0. The van der Waals surface area contributed by atoms with Crippen LogP contribution in [0.4, 0.5) is 0 Å². The van der Waals surface area contributed by atoms with Crippen LogP contribution in [0.2, 0.25) is 0 Å². The van der Waals surface area contributed by atoms with Crippen LogP contribution in [0.3, 0.4) is 0 Å². The molecule has 0 saturated carbocycles. The quantitative estimate of drug-likeness (QED) is 0.853.